The number of methoxy groups -OCH3 is 1. The molecule has 8 nitrogen and oxygen atoms in total. The van der Waals surface area contributed by atoms with E-state index in [0.29, 0.717) is 37.3 Å². The summed E-state index contributed by atoms with van der Waals surface area (Å²) in [5.41, 5.74) is 0. The van der Waals surface area contributed by atoms with Gasteiger partial charge in [-0.1, -0.05) is 32.6 Å². The van der Waals surface area contributed by atoms with Crippen LogP contribution in [0.2, 0.25) is 0 Å². The molecule has 2 rings (SSSR count). The second kappa shape index (κ2) is 10.9. The maximum atomic E-state index is 12.1. The first-order valence-corrected chi connectivity index (χ1v) is 9.45. The molecule has 2 amide bonds. The molecule has 1 aromatic rings. The lowest BCUT2D eigenvalue weighted by Gasteiger charge is -2.22. The van der Waals surface area contributed by atoms with Gasteiger partial charge in [0.1, 0.15) is 12.1 Å². The fourth-order valence-electron chi connectivity index (χ4n) is 3.43. The SMILES string of the molecule is CCCC1CCCC(CNC(=O)Nc2cc(OC)ncn2)CN(O)CC1. The number of nitrogens with one attached hydrogen (secondary N) is 2. The fourth-order valence-corrected chi connectivity index (χ4v) is 3.43. The quantitative estimate of drug-likeness (QED) is 0.717. The van der Waals surface area contributed by atoms with E-state index in [0.717, 1.165) is 19.3 Å². The average molecular weight is 365 g/mol. The van der Waals surface area contributed by atoms with Crippen LogP contribution in [0, 0.1) is 11.8 Å². The Morgan fingerprint density at radius 2 is 2.15 bits per heavy atom. The lowest BCUT2D eigenvalue weighted by atomic mass is 9.92. The predicted molar refractivity (Wildman–Crippen MR) is 99.3 cm³/mol. The summed E-state index contributed by atoms with van der Waals surface area (Å²) in [6.45, 7) is 4.01. The Morgan fingerprint density at radius 1 is 1.35 bits per heavy atom. The van der Waals surface area contributed by atoms with Crippen LogP contribution in [0.3, 0.4) is 0 Å². The number of rotatable bonds is 6. The highest BCUT2D eigenvalue weighted by Crippen LogP contribution is 2.23. The topological polar surface area (TPSA) is 99.6 Å². The molecular formula is C18H31N5O3. The van der Waals surface area contributed by atoms with Gasteiger partial charge in [-0.3, -0.25) is 5.32 Å². The molecule has 2 unspecified atom stereocenters. The van der Waals surface area contributed by atoms with Crippen LogP contribution in [0.15, 0.2) is 12.4 Å². The summed E-state index contributed by atoms with van der Waals surface area (Å²) in [6, 6.07) is 1.24. The van der Waals surface area contributed by atoms with Crippen molar-refractivity contribution in [2.45, 2.75) is 45.4 Å². The van der Waals surface area contributed by atoms with E-state index < -0.39 is 0 Å². The van der Waals surface area contributed by atoms with Crippen molar-refractivity contribution in [1.29, 1.82) is 0 Å². The van der Waals surface area contributed by atoms with E-state index in [1.54, 1.807) is 6.07 Å². The molecule has 1 aromatic heterocycles. The number of hydrogen-bond donors (Lipinski definition) is 3. The van der Waals surface area contributed by atoms with Crippen LogP contribution in [0.4, 0.5) is 10.6 Å². The Kier molecular flexibility index (Phi) is 8.57. The molecule has 1 aliphatic rings. The first-order valence-electron chi connectivity index (χ1n) is 9.45. The number of hydroxylamine groups is 2. The van der Waals surface area contributed by atoms with Gasteiger partial charge in [-0.2, -0.15) is 5.06 Å². The molecule has 0 aromatic carbocycles. The van der Waals surface area contributed by atoms with Crippen molar-refractivity contribution in [2.75, 3.05) is 32.1 Å². The first kappa shape index (κ1) is 20.4. The lowest BCUT2D eigenvalue weighted by molar-refractivity contribution is -0.103. The number of carbonyl (C=O) groups excluding carboxylic acids is 1. The van der Waals surface area contributed by atoms with Gasteiger partial charge in [0.25, 0.3) is 0 Å². The first-order chi connectivity index (χ1) is 12.6. The molecule has 8 heteroatoms. The van der Waals surface area contributed by atoms with Gasteiger partial charge in [-0.05, 0) is 24.7 Å². The minimum absolute atomic E-state index is 0.228. The summed E-state index contributed by atoms with van der Waals surface area (Å²) in [7, 11) is 1.51. The third kappa shape index (κ3) is 7.13. The number of aromatic nitrogens is 2. The molecule has 2 heterocycles. The van der Waals surface area contributed by atoms with Gasteiger partial charge >= 0.3 is 6.03 Å². The van der Waals surface area contributed by atoms with Crippen molar-refractivity contribution in [1.82, 2.24) is 20.3 Å². The van der Waals surface area contributed by atoms with E-state index in [4.69, 9.17) is 4.74 Å². The second-order valence-electron chi connectivity index (χ2n) is 6.93. The van der Waals surface area contributed by atoms with Crippen molar-refractivity contribution in [3.63, 3.8) is 0 Å². The molecule has 1 saturated heterocycles. The van der Waals surface area contributed by atoms with Crippen LogP contribution >= 0.6 is 0 Å². The normalized spacial score (nSPS) is 22.0. The van der Waals surface area contributed by atoms with Crippen LogP contribution in [0.25, 0.3) is 0 Å². The summed E-state index contributed by atoms with van der Waals surface area (Å²) in [6.07, 6.45) is 8.12. The molecule has 0 saturated carbocycles. The van der Waals surface area contributed by atoms with Crippen molar-refractivity contribution in [3.05, 3.63) is 12.4 Å². The number of hydrogen-bond acceptors (Lipinski definition) is 6. The van der Waals surface area contributed by atoms with Crippen LogP contribution < -0.4 is 15.4 Å². The lowest BCUT2D eigenvalue weighted by Crippen LogP contribution is -2.37. The summed E-state index contributed by atoms with van der Waals surface area (Å²) in [5, 5.41) is 17.1. The maximum Gasteiger partial charge on any atom is 0.320 e. The van der Waals surface area contributed by atoms with E-state index in [9.17, 15) is 10.0 Å². The summed E-state index contributed by atoms with van der Waals surface area (Å²) >= 11 is 0. The Morgan fingerprint density at radius 3 is 2.92 bits per heavy atom. The molecule has 146 valence electrons. The zero-order valence-electron chi connectivity index (χ0n) is 15.8. The van der Waals surface area contributed by atoms with E-state index in [1.165, 1.54) is 37.8 Å². The number of amides is 2. The Balaban J connectivity index is 1.80. The average Bonchev–Trinajstić information content (AvgIpc) is 2.71. The van der Waals surface area contributed by atoms with Crippen LogP contribution in [-0.2, 0) is 0 Å². The Bertz CT molecular complexity index is 557. The van der Waals surface area contributed by atoms with Crippen LogP contribution in [0.5, 0.6) is 5.88 Å². The highest BCUT2D eigenvalue weighted by molar-refractivity contribution is 5.88. The molecule has 1 fully saturated rings. The molecule has 1 aliphatic heterocycles. The van der Waals surface area contributed by atoms with Crippen molar-refractivity contribution >= 4 is 11.8 Å². The molecule has 2 atom stereocenters. The largest absolute Gasteiger partial charge is 0.481 e. The maximum absolute atomic E-state index is 12.1. The summed E-state index contributed by atoms with van der Waals surface area (Å²) in [5.74, 6) is 1.70. The van der Waals surface area contributed by atoms with Crippen LogP contribution in [-0.4, -0.2) is 53.0 Å². The third-order valence-corrected chi connectivity index (χ3v) is 4.83. The molecule has 0 spiro atoms. The van der Waals surface area contributed by atoms with Crippen molar-refractivity contribution in [3.8, 4) is 5.88 Å². The van der Waals surface area contributed by atoms with Gasteiger partial charge in [-0.15, -0.1) is 0 Å². The van der Waals surface area contributed by atoms with Gasteiger partial charge in [0.15, 0.2) is 0 Å². The fraction of sp³-hybridized carbons (Fsp3) is 0.722. The van der Waals surface area contributed by atoms with Gasteiger partial charge < -0.3 is 15.3 Å². The molecule has 3 N–H and O–H groups in total. The number of carbonyl (C=O) groups is 1. The molecule has 26 heavy (non-hydrogen) atoms. The second-order valence-corrected chi connectivity index (χ2v) is 6.93. The smallest absolute Gasteiger partial charge is 0.320 e. The number of ether oxygens (including phenoxy) is 1. The number of nitrogens with zero attached hydrogens (tertiary/aromatic N) is 3. The molecule has 0 bridgehead atoms. The minimum Gasteiger partial charge on any atom is -0.481 e. The van der Waals surface area contributed by atoms with Crippen molar-refractivity contribution in [2.24, 2.45) is 11.8 Å². The monoisotopic (exact) mass is 365 g/mol. The highest BCUT2D eigenvalue weighted by atomic mass is 16.5. The van der Waals surface area contributed by atoms with Gasteiger partial charge in [0.05, 0.1) is 7.11 Å². The molecular weight excluding hydrogens is 334 g/mol. The van der Waals surface area contributed by atoms with E-state index >= 15 is 0 Å². The summed E-state index contributed by atoms with van der Waals surface area (Å²) in [4.78, 5) is 20.0. The highest BCUT2D eigenvalue weighted by Gasteiger charge is 2.19. The number of urea groups is 1. The summed E-state index contributed by atoms with van der Waals surface area (Å²) < 4.78 is 5.01. The Hall–Kier alpha value is -1.93. The third-order valence-electron chi connectivity index (χ3n) is 4.83. The number of anilines is 1. The van der Waals surface area contributed by atoms with E-state index in [1.807, 2.05) is 0 Å². The minimum atomic E-state index is -0.320. The van der Waals surface area contributed by atoms with Gasteiger partial charge in [-0.25, -0.2) is 14.8 Å². The van der Waals surface area contributed by atoms with E-state index in [-0.39, 0.29) is 11.9 Å². The van der Waals surface area contributed by atoms with E-state index in [2.05, 4.69) is 27.5 Å². The zero-order valence-corrected chi connectivity index (χ0v) is 15.8. The van der Waals surface area contributed by atoms with Gasteiger partial charge in [0.2, 0.25) is 5.88 Å². The Labute approximate surface area is 155 Å². The predicted octanol–water partition coefficient (Wildman–Crippen LogP) is 2.90. The zero-order chi connectivity index (χ0) is 18.8. The van der Waals surface area contributed by atoms with Crippen molar-refractivity contribution < 1.29 is 14.7 Å². The molecule has 0 radical (unpaired) electrons. The molecule has 0 aliphatic carbocycles. The standard InChI is InChI=1S/C18H31N5O3/c1-3-5-14-6-4-7-15(12-23(25)9-8-14)11-19-18(24)22-16-10-17(26-2)21-13-20-16/h10,13-15,25H,3-9,11-12H2,1-2H3,(H2,19,20,21,22,24). The van der Waals surface area contributed by atoms with Gasteiger partial charge in [0, 0.05) is 25.7 Å². The van der Waals surface area contributed by atoms with Crippen LogP contribution in [0.1, 0.15) is 45.4 Å².